The largest absolute Gasteiger partial charge is 0.478 e. The van der Waals surface area contributed by atoms with Gasteiger partial charge in [0, 0.05) is 5.69 Å². The van der Waals surface area contributed by atoms with E-state index in [0.717, 1.165) is 12.1 Å². The summed E-state index contributed by atoms with van der Waals surface area (Å²) < 4.78 is 38.3. The molecule has 0 saturated carbocycles. The fourth-order valence-electron chi connectivity index (χ4n) is 1.95. The van der Waals surface area contributed by atoms with Crippen LogP contribution in [0.3, 0.4) is 0 Å². The van der Waals surface area contributed by atoms with E-state index in [0.29, 0.717) is 5.56 Å². The maximum atomic E-state index is 12.8. The summed E-state index contributed by atoms with van der Waals surface area (Å²) in [5, 5.41) is 11.8. The van der Waals surface area contributed by atoms with E-state index in [9.17, 15) is 18.0 Å². The van der Waals surface area contributed by atoms with E-state index in [1.807, 2.05) is 0 Å². The third kappa shape index (κ3) is 3.53. The Morgan fingerprint density at radius 1 is 1.14 bits per heavy atom. The number of aryl methyl sites for hydroxylation is 1. The van der Waals surface area contributed by atoms with Crippen LogP contribution in [0.2, 0.25) is 0 Å². The average molecular weight is 295 g/mol. The minimum absolute atomic E-state index is 0.00688. The summed E-state index contributed by atoms with van der Waals surface area (Å²) in [6.45, 7) is 1.55. The molecule has 0 aliphatic carbocycles. The Balaban J connectivity index is 2.41. The van der Waals surface area contributed by atoms with Crippen molar-refractivity contribution in [3.63, 3.8) is 0 Å². The van der Waals surface area contributed by atoms with Crippen molar-refractivity contribution in [2.75, 3.05) is 5.32 Å². The van der Waals surface area contributed by atoms with E-state index in [2.05, 4.69) is 5.32 Å². The van der Waals surface area contributed by atoms with Gasteiger partial charge < -0.3 is 10.4 Å². The highest BCUT2D eigenvalue weighted by Gasteiger charge is 2.31. The van der Waals surface area contributed by atoms with Crippen LogP contribution >= 0.6 is 0 Å². The Kier molecular flexibility index (Phi) is 3.88. The number of benzene rings is 2. The molecule has 0 atom stereocenters. The fraction of sp³-hybridized carbons (Fsp3) is 0.133. The first-order chi connectivity index (χ1) is 9.77. The molecule has 2 N–H and O–H groups in total. The molecule has 3 nitrogen and oxygen atoms in total. The van der Waals surface area contributed by atoms with Crippen LogP contribution in [-0.4, -0.2) is 11.1 Å². The van der Waals surface area contributed by atoms with Gasteiger partial charge >= 0.3 is 12.1 Å². The standard InChI is InChI=1S/C15H12F3NO2/c1-9-6-10(15(16,17)18)8-11(7-9)19-13-5-3-2-4-12(13)14(20)21/h2-8,19H,1H3,(H,20,21). The molecule has 2 aromatic carbocycles. The van der Waals surface area contributed by atoms with Crippen LogP contribution in [0, 0.1) is 6.92 Å². The highest BCUT2D eigenvalue weighted by Crippen LogP contribution is 2.33. The zero-order valence-electron chi connectivity index (χ0n) is 11.0. The first-order valence-corrected chi connectivity index (χ1v) is 6.05. The lowest BCUT2D eigenvalue weighted by molar-refractivity contribution is -0.137. The number of hydrogen-bond acceptors (Lipinski definition) is 2. The normalized spacial score (nSPS) is 11.2. The van der Waals surface area contributed by atoms with Crippen LogP contribution in [-0.2, 0) is 6.18 Å². The second-order valence-electron chi connectivity index (χ2n) is 4.56. The van der Waals surface area contributed by atoms with Gasteiger partial charge in [-0.05, 0) is 42.8 Å². The van der Waals surface area contributed by atoms with Gasteiger partial charge in [0.25, 0.3) is 0 Å². The van der Waals surface area contributed by atoms with Crippen molar-refractivity contribution >= 4 is 17.3 Å². The molecule has 2 rings (SSSR count). The van der Waals surface area contributed by atoms with Crippen LogP contribution in [0.1, 0.15) is 21.5 Å². The number of nitrogens with one attached hydrogen (secondary N) is 1. The number of aromatic carboxylic acids is 1. The lowest BCUT2D eigenvalue weighted by Crippen LogP contribution is -2.07. The molecule has 0 fully saturated rings. The molecule has 0 bridgehead atoms. The number of alkyl halides is 3. The van der Waals surface area contributed by atoms with Crippen LogP contribution in [0.15, 0.2) is 42.5 Å². The predicted molar refractivity (Wildman–Crippen MR) is 72.9 cm³/mol. The third-order valence-corrected chi connectivity index (χ3v) is 2.84. The van der Waals surface area contributed by atoms with Gasteiger partial charge in [-0.2, -0.15) is 13.2 Å². The van der Waals surface area contributed by atoms with Crippen molar-refractivity contribution in [3.8, 4) is 0 Å². The predicted octanol–water partition coefficient (Wildman–Crippen LogP) is 4.46. The molecule has 2 aromatic rings. The van der Waals surface area contributed by atoms with Crippen molar-refractivity contribution in [2.24, 2.45) is 0 Å². The Morgan fingerprint density at radius 3 is 2.43 bits per heavy atom. The minimum atomic E-state index is -4.45. The van der Waals surface area contributed by atoms with Crippen LogP contribution in [0.4, 0.5) is 24.5 Å². The van der Waals surface area contributed by atoms with Crippen LogP contribution < -0.4 is 5.32 Å². The van der Waals surface area contributed by atoms with Gasteiger partial charge in [0.2, 0.25) is 0 Å². The molecule has 6 heteroatoms. The molecule has 21 heavy (non-hydrogen) atoms. The number of carboxylic acids is 1. The summed E-state index contributed by atoms with van der Waals surface area (Å²) in [4.78, 5) is 11.1. The number of carbonyl (C=O) groups is 1. The Bertz CT molecular complexity index is 681. The van der Waals surface area contributed by atoms with Gasteiger partial charge in [-0.3, -0.25) is 0 Å². The van der Waals surface area contributed by atoms with E-state index < -0.39 is 17.7 Å². The Hall–Kier alpha value is -2.50. The first kappa shape index (κ1) is 14.9. The molecule has 0 spiro atoms. The van der Waals surface area contributed by atoms with Crippen molar-refractivity contribution in [1.29, 1.82) is 0 Å². The summed E-state index contributed by atoms with van der Waals surface area (Å²) in [6.07, 6.45) is -4.45. The fourth-order valence-corrected chi connectivity index (χ4v) is 1.95. The second kappa shape index (κ2) is 5.47. The second-order valence-corrected chi connectivity index (χ2v) is 4.56. The number of halogens is 3. The summed E-state index contributed by atoms with van der Waals surface area (Å²) in [5.74, 6) is -1.15. The molecule has 0 amide bonds. The maximum absolute atomic E-state index is 12.8. The number of para-hydroxylation sites is 1. The van der Waals surface area contributed by atoms with Crippen molar-refractivity contribution in [1.82, 2.24) is 0 Å². The van der Waals surface area contributed by atoms with Gasteiger partial charge in [0.05, 0.1) is 16.8 Å². The van der Waals surface area contributed by atoms with E-state index in [1.54, 1.807) is 19.1 Å². The third-order valence-electron chi connectivity index (χ3n) is 2.84. The monoisotopic (exact) mass is 295 g/mol. The van der Waals surface area contributed by atoms with Crippen molar-refractivity contribution < 1.29 is 23.1 Å². The highest BCUT2D eigenvalue weighted by atomic mass is 19.4. The lowest BCUT2D eigenvalue weighted by Gasteiger charge is -2.13. The van der Waals surface area contributed by atoms with Gasteiger partial charge in [-0.1, -0.05) is 12.1 Å². The van der Waals surface area contributed by atoms with Gasteiger partial charge in [0.15, 0.2) is 0 Å². The Labute approximate surface area is 119 Å². The molecular formula is C15H12F3NO2. The summed E-state index contributed by atoms with van der Waals surface area (Å²) in [7, 11) is 0. The van der Waals surface area contributed by atoms with Gasteiger partial charge in [-0.25, -0.2) is 4.79 Å². The molecule has 0 aliphatic heterocycles. The molecule has 110 valence electrons. The number of carboxylic acid groups (broad SMARTS) is 1. The van der Waals surface area contributed by atoms with Crippen LogP contribution in [0.5, 0.6) is 0 Å². The maximum Gasteiger partial charge on any atom is 0.416 e. The lowest BCUT2D eigenvalue weighted by atomic mass is 10.1. The quantitative estimate of drug-likeness (QED) is 0.879. The Morgan fingerprint density at radius 2 is 1.81 bits per heavy atom. The summed E-state index contributed by atoms with van der Waals surface area (Å²) in [6, 6.07) is 9.54. The highest BCUT2D eigenvalue weighted by molar-refractivity contribution is 5.95. The van der Waals surface area contributed by atoms with E-state index in [1.165, 1.54) is 18.2 Å². The van der Waals surface area contributed by atoms with Gasteiger partial charge in [0.1, 0.15) is 0 Å². The zero-order valence-corrected chi connectivity index (χ0v) is 11.0. The molecule has 0 aliphatic rings. The first-order valence-electron chi connectivity index (χ1n) is 6.05. The summed E-state index contributed by atoms with van der Waals surface area (Å²) in [5.41, 5.74) is 0.0743. The zero-order chi connectivity index (χ0) is 15.6. The molecule has 0 unspecified atom stereocenters. The smallest absolute Gasteiger partial charge is 0.416 e. The van der Waals surface area contributed by atoms with E-state index >= 15 is 0 Å². The van der Waals surface area contributed by atoms with Crippen molar-refractivity contribution in [2.45, 2.75) is 13.1 Å². The van der Waals surface area contributed by atoms with Gasteiger partial charge in [-0.15, -0.1) is 0 Å². The molecule has 0 saturated heterocycles. The summed E-state index contributed by atoms with van der Waals surface area (Å²) >= 11 is 0. The average Bonchev–Trinajstić information content (AvgIpc) is 2.37. The molecule has 0 aromatic heterocycles. The number of rotatable bonds is 3. The number of hydrogen-bond donors (Lipinski definition) is 2. The van der Waals surface area contributed by atoms with Crippen LogP contribution in [0.25, 0.3) is 0 Å². The van der Waals surface area contributed by atoms with Crippen molar-refractivity contribution in [3.05, 3.63) is 59.2 Å². The number of anilines is 2. The SMILES string of the molecule is Cc1cc(Nc2ccccc2C(=O)O)cc(C(F)(F)F)c1. The topological polar surface area (TPSA) is 49.3 Å². The van der Waals surface area contributed by atoms with E-state index in [-0.39, 0.29) is 16.9 Å². The molecule has 0 heterocycles. The van der Waals surface area contributed by atoms with E-state index in [4.69, 9.17) is 5.11 Å². The molecule has 0 radical (unpaired) electrons. The molecular weight excluding hydrogens is 283 g/mol. The minimum Gasteiger partial charge on any atom is -0.478 e.